The van der Waals surface area contributed by atoms with Gasteiger partial charge in [-0.3, -0.25) is 9.59 Å². The van der Waals surface area contributed by atoms with Crippen molar-refractivity contribution in [1.29, 1.82) is 0 Å². The average Bonchev–Trinajstić information content (AvgIpc) is 2.44. The summed E-state index contributed by atoms with van der Waals surface area (Å²) in [5, 5.41) is 2.61. The molecule has 0 saturated carbocycles. The number of likely N-dealkylation sites (N-methyl/N-ethyl adjacent to an activating group) is 1. The van der Waals surface area contributed by atoms with Crippen molar-refractivity contribution in [3.63, 3.8) is 0 Å². The third-order valence-corrected chi connectivity index (χ3v) is 3.59. The molecule has 0 radical (unpaired) electrons. The highest BCUT2D eigenvalue weighted by Gasteiger charge is 2.34. The molecule has 2 amide bonds. The van der Waals surface area contributed by atoms with Crippen molar-refractivity contribution in [2.75, 3.05) is 31.6 Å². The highest BCUT2D eigenvalue weighted by atomic mass is 16.2. The third kappa shape index (κ3) is 3.29. The van der Waals surface area contributed by atoms with E-state index < -0.39 is 6.04 Å². The van der Waals surface area contributed by atoms with Gasteiger partial charge < -0.3 is 15.1 Å². The molecule has 7 heteroatoms. The highest BCUT2D eigenvalue weighted by molar-refractivity contribution is 5.87. The van der Waals surface area contributed by atoms with Crippen LogP contribution in [0.5, 0.6) is 0 Å². The summed E-state index contributed by atoms with van der Waals surface area (Å²) in [7, 11) is 1.58. The Morgan fingerprint density at radius 2 is 1.86 bits per heavy atom. The molecule has 1 aliphatic heterocycles. The van der Waals surface area contributed by atoms with Crippen LogP contribution in [0.3, 0.4) is 0 Å². The topological polar surface area (TPSA) is 78.4 Å². The average molecular weight is 291 g/mol. The fourth-order valence-corrected chi connectivity index (χ4v) is 2.58. The Balaban J connectivity index is 2.24. The lowest BCUT2D eigenvalue weighted by Crippen LogP contribution is -2.60. The first kappa shape index (κ1) is 15.2. The van der Waals surface area contributed by atoms with Crippen LogP contribution in [0.15, 0.2) is 6.07 Å². The summed E-state index contributed by atoms with van der Waals surface area (Å²) in [6.07, 6.45) is 0. The van der Waals surface area contributed by atoms with E-state index in [9.17, 15) is 9.59 Å². The maximum Gasteiger partial charge on any atom is 0.244 e. The van der Waals surface area contributed by atoms with Crippen molar-refractivity contribution in [1.82, 2.24) is 20.2 Å². The van der Waals surface area contributed by atoms with Crippen LogP contribution in [-0.4, -0.2) is 59.4 Å². The van der Waals surface area contributed by atoms with E-state index in [2.05, 4.69) is 15.3 Å². The fourth-order valence-electron chi connectivity index (χ4n) is 2.58. The SMILES string of the molecule is CNC(=O)[C@@H]1CN(c2nc(C)cc(C)n2)CCN1C(C)=O. The zero-order valence-electron chi connectivity index (χ0n) is 12.9. The molecule has 0 aromatic carbocycles. The van der Waals surface area contributed by atoms with Gasteiger partial charge in [-0.2, -0.15) is 0 Å². The fraction of sp³-hybridized carbons (Fsp3) is 0.571. The molecule has 21 heavy (non-hydrogen) atoms. The van der Waals surface area contributed by atoms with Gasteiger partial charge in [-0.1, -0.05) is 0 Å². The van der Waals surface area contributed by atoms with Crippen molar-refractivity contribution in [3.05, 3.63) is 17.5 Å². The van der Waals surface area contributed by atoms with Gasteiger partial charge in [-0.15, -0.1) is 0 Å². The van der Waals surface area contributed by atoms with E-state index in [0.29, 0.717) is 25.6 Å². The molecule has 1 N–H and O–H groups in total. The molecule has 0 bridgehead atoms. The second kappa shape index (κ2) is 6.07. The van der Waals surface area contributed by atoms with Gasteiger partial charge in [0.25, 0.3) is 0 Å². The predicted octanol–water partition coefficient (Wildman–Crippen LogP) is -0.123. The molecule has 0 unspecified atom stereocenters. The minimum absolute atomic E-state index is 0.0930. The zero-order valence-corrected chi connectivity index (χ0v) is 12.9. The number of carbonyl (C=O) groups is 2. The van der Waals surface area contributed by atoms with Crippen molar-refractivity contribution in [3.8, 4) is 0 Å². The number of piperazine rings is 1. The van der Waals surface area contributed by atoms with Gasteiger partial charge in [0.1, 0.15) is 6.04 Å². The van der Waals surface area contributed by atoms with Gasteiger partial charge in [0, 0.05) is 38.4 Å². The summed E-state index contributed by atoms with van der Waals surface area (Å²) < 4.78 is 0. The first-order valence-electron chi connectivity index (χ1n) is 6.98. The molecular weight excluding hydrogens is 270 g/mol. The minimum Gasteiger partial charge on any atom is -0.357 e. The number of rotatable bonds is 2. The molecule has 0 aliphatic carbocycles. The summed E-state index contributed by atoms with van der Waals surface area (Å²) in [6, 6.07) is 1.40. The Morgan fingerprint density at radius 3 is 2.38 bits per heavy atom. The maximum absolute atomic E-state index is 12.0. The standard InChI is InChI=1S/C14H21N5O2/c1-9-7-10(2)17-14(16-9)18-5-6-19(11(3)20)12(8-18)13(21)15-4/h7,12H,5-6,8H2,1-4H3,(H,15,21)/t12-/m0/s1. The molecule has 1 saturated heterocycles. The van der Waals surface area contributed by atoms with Crippen LogP contribution in [0.25, 0.3) is 0 Å². The lowest BCUT2D eigenvalue weighted by molar-refractivity contribution is -0.139. The van der Waals surface area contributed by atoms with Crippen LogP contribution in [0, 0.1) is 13.8 Å². The molecule has 1 aromatic rings. The van der Waals surface area contributed by atoms with Gasteiger partial charge in [-0.25, -0.2) is 9.97 Å². The van der Waals surface area contributed by atoms with E-state index in [1.54, 1.807) is 11.9 Å². The maximum atomic E-state index is 12.0. The lowest BCUT2D eigenvalue weighted by atomic mass is 10.1. The van der Waals surface area contributed by atoms with E-state index in [4.69, 9.17) is 0 Å². The van der Waals surface area contributed by atoms with Gasteiger partial charge in [0.05, 0.1) is 6.54 Å². The van der Waals surface area contributed by atoms with E-state index in [1.807, 2.05) is 24.8 Å². The van der Waals surface area contributed by atoms with Gasteiger partial charge in [0.2, 0.25) is 17.8 Å². The quantitative estimate of drug-likeness (QED) is 0.821. The number of anilines is 1. The third-order valence-electron chi connectivity index (χ3n) is 3.59. The van der Waals surface area contributed by atoms with Gasteiger partial charge >= 0.3 is 0 Å². The van der Waals surface area contributed by atoms with Crippen molar-refractivity contribution in [2.24, 2.45) is 0 Å². The first-order chi connectivity index (χ1) is 9.92. The van der Waals surface area contributed by atoms with Crippen LogP contribution in [0.1, 0.15) is 18.3 Å². The molecule has 1 aromatic heterocycles. The number of hydrogen-bond acceptors (Lipinski definition) is 5. The number of aromatic nitrogens is 2. The van der Waals surface area contributed by atoms with E-state index in [0.717, 1.165) is 11.4 Å². The summed E-state index contributed by atoms with van der Waals surface area (Å²) in [5.41, 5.74) is 1.78. The number of hydrogen-bond donors (Lipinski definition) is 1. The Bertz CT molecular complexity index is 540. The monoisotopic (exact) mass is 291 g/mol. The van der Waals surface area contributed by atoms with E-state index in [1.165, 1.54) is 6.92 Å². The lowest BCUT2D eigenvalue weighted by Gasteiger charge is -2.40. The molecule has 7 nitrogen and oxygen atoms in total. The van der Waals surface area contributed by atoms with Crippen molar-refractivity contribution < 1.29 is 9.59 Å². The van der Waals surface area contributed by atoms with Crippen LogP contribution >= 0.6 is 0 Å². The predicted molar refractivity (Wildman–Crippen MR) is 79.0 cm³/mol. The van der Waals surface area contributed by atoms with Crippen LogP contribution < -0.4 is 10.2 Å². The largest absolute Gasteiger partial charge is 0.357 e. The van der Waals surface area contributed by atoms with Crippen molar-refractivity contribution in [2.45, 2.75) is 26.8 Å². The Hall–Kier alpha value is -2.18. The molecule has 114 valence electrons. The van der Waals surface area contributed by atoms with Crippen LogP contribution in [-0.2, 0) is 9.59 Å². The number of carbonyl (C=O) groups excluding carboxylic acids is 2. The van der Waals surface area contributed by atoms with Gasteiger partial charge in [-0.05, 0) is 19.9 Å². The summed E-state index contributed by atoms with van der Waals surface area (Å²) in [4.78, 5) is 36.1. The molecular formula is C14H21N5O2. The normalized spacial score (nSPS) is 18.6. The van der Waals surface area contributed by atoms with Crippen molar-refractivity contribution >= 4 is 17.8 Å². The molecule has 1 atom stereocenters. The smallest absolute Gasteiger partial charge is 0.244 e. The number of amides is 2. The number of nitrogens with one attached hydrogen (secondary N) is 1. The van der Waals surface area contributed by atoms with Crippen LogP contribution in [0.4, 0.5) is 5.95 Å². The Kier molecular flexibility index (Phi) is 4.40. The van der Waals surface area contributed by atoms with E-state index >= 15 is 0 Å². The summed E-state index contributed by atoms with van der Waals surface area (Å²) in [6.45, 7) is 6.83. The number of aryl methyl sites for hydroxylation is 2. The zero-order chi connectivity index (χ0) is 15.6. The van der Waals surface area contributed by atoms with Gasteiger partial charge in [0.15, 0.2) is 0 Å². The minimum atomic E-state index is -0.509. The Morgan fingerprint density at radius 1 is 1.24 bits per heavy atom. The second-order valence-corrected chi connectivity index (χ2v) is 5.24. The summed E-state index contributed by atoms with van der Waals surface area (Å²) >= 11 is 0. The Labute approximate surface area is 124 Å². The molecule has 2 heterocycles. The molecule has 1 fully saturated rings. The van der Waals surface area contributed by atoms with Crippen LogP contribution in [0.2, 0.25) is 0 Å². The molecule has 0 spiro atoms. The highest BCUT2D eigenvalue weighted by Crippen LogP contribution is 2.17. The summed E-state index contributed by atoms with van der Waals surface area (Å²) in [5.74, 6) is 0.355. The molecule has 2 rings (SSSR count). The first-order valence-corrected chi connectivity index (χ1v) is 6.98. The molecule has 1 aliphatic rings. The second-order valence-electron chi connectivity index (χ2n) is 5.24. The van der Waals surface area contributed by atoms with E-state index in [-0.39, 0.29) is 11.8 Å². The number of nitrogens with zero attached hydrogens (tertiary/aromatic N) is 4.